The largest absolute Gasteiger partial charge is 0.440 e. The summed E-state index contributed by atoms with van der Waals surface area (Å²) < 4.78 is 33.3. The molecule has 1 aromatic carbocycles. The molecule has 0 aliphatic rings. The molecule has 20 heavy (non-hydrogen) atoms. The summed E-state index contributed by atoms with van der Waals surface area (Å²) >= 11 is 3.04. The minimum atomic E-state index is -0.677. The van der Waals surface area contributed by atoms with E-state index in [1.54, 1.807) is 0 Å². The lowest BCUT2D eigenvalue weighted by Crippen LogP contribution is -2.17. The Morgan fingerprint density at radius 1 is 1.25 bits per heavy atom. The van der Waals surface area contributed by atoms with Gasteiger partial charge in [0.2, 0.25) is 0 Å². The van der Waals surface area contributed by atoms with E-state index in [9.17, 15) is 8.78 Å². The second-order valence-corrected chi connectivity index (χ2v) is 5.28. The van der Waals surface area contributed by atoms with Crippen molar-refractivity contribution in [2.24, 2.45) is 0 Å². The Hall–Kier alpha value is -1.27. The molecule has 6 heteroatoms. The third kappa shape index (κ3) is 3.64. The highest BCUT2D eigenvalue weighted by Crippen LogP contribution is 2.29. The Kier molecular flexibility index (Phi) is 5.25. The lowest BCUT2D eigenvalue weighted by atomic mass is 10.1. The summed E-state index contributed by atoms with van der Waals surface area (Å²) in [5, 5.41) is 3.21. The van der Waals surface area contributed by atoms with Crippen LogP contribution >= 0.6 is 15.9 Å². The number of nitrogens with one attached hydrogen (secondary N) is 1. The van der Waals surface area contributed by atoms with Crippen molar-refractivity contribution in [2.45, 2.75) is 19.8 Å². The van der Waals surface area contributed by atoms with Crippen LogP contribution in [0.15, 0.2) is 27.2 Å². The van der Waals surface area contributed by atoms with Gasteiger partial charge in [0.15, 0.2) is 11.7 Å². The molecule has 108 valence electrons. The molecule has 2 rings (SSSR count). The molecule has 0 atom stereocenters. The molecule has 0 spiro atoms. The van der Waals surface area contributed by atoms with Crippen molar-refractivity contribution < 1.29 is 13.2 Å². The monoisotopic (exact) mass is 344 g/mol. The molecule has 0 aliphatic heterocycles. The van der Waals surface area contributed by atoms with Gasteiger partial charge in [-0.1, -0.05) is 22.9 Å². The summed E-state index contributed by atoms with van der Waals surface area (Å²) in [5.41, 5.74) is -0.187. The van der Waals surface area contributed by atoms with Crippen LogP contribution in [0.1, 0.15) is 19.2 Å². The van der Waals surface area contributed by atoms with Crippen LogP contribution in [0.4, 0.5) is 8.78 Å². The molecule has 0 bridgehead atoms. The third-order valence-corrected chi connectivity index (χ3v) is 3.21. The van der Waals surface area contributed by atoms with Gasteiger partial charge in [-0.15, -0.1) is 0 Å². The van der Waals surface area contributed by atoms with Gasteiger partial charge in [-0.25, -0.2) is 13.8 Å². The molecule has 0 aliphatic carbocycles. The standard InChI is InChI=1S/C14H15BrF2N2O/c1-2-4-18-5-3-13-19-8-12(20-13)14-10(16)6-9(15)7-11(14)17/h6-8,18H,2-5H2,1H3. The molecule has 1 N–H and O–H groups in total. The van der Waals surface area contributed by atoms with E-state index in [1.165, 1.54) is 18.3 Å². The molecule has 3 nitrogen and oxygen atoms in total. The molecular formula is C14H15BrF2N2O. The zero-order valence-corrected chi connectivity index (χ0v) is 12.6. The second kappa shape index (κ2) is 6.95. The second-order valence-electron chi connectivity index (χ2n) is 4.36. The van der Waals surface area contributed by atoms with Crippen molar-refractivity contribution in [3.05, 3.63) is 40.3 Å². The van der Waals surface area contributed by atoms with Gasteiger partial charge in [0.25, 0.3) is 0 Å². The predicted molar refractivity (Wildman–Crippen MR) is 76.4 cm³/mol. The SMILES string of the molecule is CCCNCCc1ncc(-c2c(F)cc(Br)cc2F)o1. The first kappa shape index (κ1) is 15.1. The van der Waals surface area contributed by atoms with Gasteiger partial charge in [-0.2, -0.15) is 0 Å². The van der Waals surface area contributed by atoms with Crippen molar-refractivity contribution in [1.29, 1.82) is 0 Å². The van der Waals surface area contributed by atoms with Crippen LogP contribution in [-0.2, 0) is 6.42 Å². The molecule has 2 aromatic rings. The molecule has 0 unspecified atom stereocenters. The molecule has 0 fully saturated rings. The van der Waals surface area contributed by atoms with Crippen molar-refractivity contribution >= 4 is 15.9 Å². The van der Waals surface area contributed by atoms with Gasteiger partial charge in [0, 0.05) is 17.4 Å². The van der Waals surface area contributed by atoms with Gasteiger partial charge in [0.1, 0.15) is 11.6 Å². The smallest absolute Gasteiger partial charge is 0.196 e. The van der Waals surface area contributed by atoms with E-state index in [4.69, 9.17) is 4.42 Å². The zero-order chi connectivity index (χ0) is 14.5. The average molecular weight is 345 g/mol. The molecule has 0 saturated heterocycles. The van der Waals surface area contributed by atoms with Crippen molar-refractivity contribution in [1.82, 2.24) is 10.3 Å². The summed E-state index contributed by atoms with van der Waals surface area (Å²) in [6, 6.07) is 2.40. The minimum Gasteiger partial charge on any atom is -0.440 e. The Balaban J connectivity index is 2.13. The maximum atomic E-state index is 13.8. The van der Waals surface area contributed by atoms with Crippen molar-refractivity contribution in [3.63, 3.8) is 0 Å². The fourth-order valence-electron chi connectivity index (χ4n) is 1.82. The summed E-state index contributed by atoms with van der Waals surface area (Å²) in [6.45, 7) is 3.72. The van der Waals surface area contributed by atoms with Gasteiger partial charge in [-0.3, -0.25) is 0 Å². The highest BCUT2D eigenvalue weighted by atomic mass is 79.9. The van der Waals surface area contributed by atoms with Crippen LogP contribution in [0.2, 0.25) is 0 Å². The Bertz CT molecular complexity index is 563. The van der Waals surface area contributed by atoms with E-state index in [0.717, 1.165) is 19.5 Å². The summed E-state index contributed by atoms with van der Waals surface area (Å²) in [5.74, 6) is -0.782. The average Bonchev–Trinajstić information content (AvgIpc) is 2.82. The Morgan fingerprint density at radius 2 is 1.95 bits per heavy atom. The first-order valence-corrected chi connectivity index (χ1v) is 7.21. The fraction of sp³-hybridized carbons (Fsp3) is 0.357. The Morgan fingerprint density at radius 3 is 2.60 bits per heavy atom. The van der Waals surface area contributed by atoms with Crippen LogP contribution < -0.4 is 5.32 Å². The summed E-state index contributed by atoms with van der Waals surface area (Å²) in [7, 11) is 0. The maximum Gasteiger partial charge on any atom is 0.196 e. The Labute approximate surface area is 124 Å². The predicted octanol–water partition coefficient (Wildman–Crippen LogP) is 3.92. The number of oxazole rings is 1. The van der Waals surface area contributed by atoms with Crippen LogP contribution in [0.25, 0.3) is 11.3 Å². The van der Waals surface area contributed by atoms with Gasteiger partial charge < -0.3 is 9.73 Å². The van der Waals surface area contributed by atoms with Crippen molar-refractivity contribution in [3.8, 4) is 11.3 Å². The number of hydrogen-bond donors (Lipinski definition) is 1. The molecule has 0 saturated carbocycles. The van der Waals surface area contributed by atoms with Crippen LogP contribution in [-0.4, -0.2) is 18.1 Å². The van der Waals surface area contributed by atoms with Crippen LogP contribution in [0, 0.1) is 11.6 Å². The first-order chi connectivity index (χ1) is 9.61. The van der Waals surface area contributed by atoms with E-state index in [0.29, 0.717) is 16.8 Å². The summed E-state index contributed by atoms with van der Waals surface area (Å²) in [4.78, 5) is 4.04. The zero-order valence-electron chi connectivity index (χ0n) is 11.0. The number of benzene rings is 1. The molecule has 0 radical (unpaired) electrons. The van der Waals surface area contributed by atoms with E-state index < -0.39 is 11.6 Å². The van der Waals surface area contributed by atoms with E-state index in [2.05, 4.69) is 33.2 Å². The highest BCUT2D eigenvalue weighted by molar-refractivity contribution is 9.10. The normalized spacial score (nSPS) is 11.0. The fourth-order valence-corrected chi connectivity index (χ4v) is 2.22. The quantitative estimate of drug-likeness (QED) is 0.807. The molecular weight excluding hydrogens is 330 g/mol. The maximum absolute atomic E-state index is 13.8. The number of nitrogens with zero attached hydrogens (tertiary/aromatic N) is 1. The lowest BCUT2D eigenvalue weighted by Gasteiger charge is -2.02. The molecule has 1 heterocycles. The highest BCUT2D eigenvalue weighted by Gasteiger charge is 2.17. The van der Waals surface area contributed by atoms with E-state index in [1.807, 2.05) is 0 Å². The number of halogens is 3. The minimum absolute atomic E-state index is 0.109. The van der Waals surface area contributed by atoms with Gasteiger partial charge >= 0.3 is 0 Å². The summed E-state index contributed by atoms with van der Waals surface area (Å²) in [6.07, 6.45) is 2.98. The van der Waals surface area contributed by atoms with E-state index in [-0.39, 0.29) is 11.3 Å². The van der Waals surface area contributed by atoms with Crippen LogP contribution in [0.3, 0.4) is 0 Å². The molecule has 1 aromatic heterocycles. The lowest BCUT2D eigenvalue weighted by molar-refractivity contribution is 0.486. The van der Waals surface area contributed by atoms with E-state index >= 15 is 0 Å². The van der Waals surface area contributed by atoms with Crippen LogP contribution in [0.5, 0.6) is 0 Å². The topological polar surface area (TPSA) is 38.1 Å². The van der Waals surface area contributed by atoms with Gasteiger partial charge in [-0.05, 0) is 25.1 Å². The van der Waals surface area contributed by atoms with Gasteiger partial charge in [0.05, 0.1) is 11.8 Å². The third-order valence-electron chi connectivity index (χ3n) is 2.75. The first-order valence-electron chi connectivity index (χ1n) is 6.42. The molecule has 0 amide bonds. The number of aromatic nitrogens is 1. The van der Waals surface area contributed by atoms with Crippen molar-refractivity contribution in [2.75, 3.05) is 13.1 Å². The number of hydrogen-bond acceptors (Lipinski definition) is 3. The number of rotatable bonds is 6.